The molecule has 0 aliphatic rings. The first kappa shape index (κ1) is 20.9. The van der Waals surface area contributed by atoms with Gasteiger partial charge >= 0.3 is 0 Å². The summed E-state index contributed by atoms with van der Waals surface area (Å²) in [6.07, 6.45) is 7.43. The molecule has 1 aromatic carbocycles. The molecule has 2 N–H and O–H groups in total. The van der Waals surface area contributed by atoms with Gasteiger partial charge in [-0.3, -0.25) is 0 Å². The molecule has 0 aliphatic heterocycles. The van der Waals surface area contributed by atoms with E-state index in [-0.39, 0.29) is 0 Å². The Balaban J connectivity index is 2.02. The van der Waals surface area contributed by atoms with E-state index in [0.29, 0.717) is 17.8 Å². The normalized spacial score (nSPS) is 11.2. The second-order valence-corrected chi connectivity index (χ2v) is 7.22. The fourth-order valence-electron chi connectivity index (χ4n) is 3.61. The number of hydrogen-bond donors (Lipinski definition) is 1. The van der Waals surface area contributed by atoms with E-state index < -0.39 is 0 Å². The average Bonchev–Trinajstić information content (AvgIpc) is 3.08. The summed E-state index contributed by atoms with van der Waals surface area (Å²) in [4.78, 5) is 13.3. The Morgan fingerprint density at radius 3 is 2.31 bits per heavy atom. The van der Waals surface area contributed by atoms with Crippen LogP contribution in [-0.2, 0) is 19.4 Å². The zero-order chi connectivity index (χ0) is 20.8. The van der Waals surface area contributed by atoms with Crippen LogP contribution >= 0.6 is 0 Å². The number of nitrogens with two attached hydrogens (primary N) is 1. The van der Waals surface area contributed by atoms with Crippen LogP contribution in [0.5, 0.6) is 11.5 Å². The number of hydrogen-bond acceptors (Lipinski definition) is 6. The number of fused-ring (bicyclic) bond motifs is 1. The molecule has 7 nitrogen and oxygen atoms in total. The molecule has 0 atom stereocenters. The summed E-state index contributed by atoms with van der Waals surface area (Å²) in [5, 5.41) is 0. The van der Waals surface area contributed by atoms with Crippen LogP contribution in [-0.4, -0.2) is 33.7 Å². The molecule has 0 fully saturated rings. The predicted octanol–water partition coefficient (Wildman–Crippen LogP) is 4.16. The summed E-state index contributed by atoms with van der Waals surface area (Å²) in [5.74, 6) is 3.06. The first-order valence-electron chi connectivity index (χ1n) is 10.3. The number of imidazole rings is 1. The minimum Gasteiger partial charge on any atom is -0.496 e. The third-order valence-corrected chi connectivity index (χ3v) is 5.18. The first-order valence-corrected chi connectivity index (χ1v) is 10.3. The summed E-state index contributed by atoms with van der Waals surface area (Å²) in [5.41, 5.74) is 9.71. The predicted molar refractivity (Wildman–Crippen MR) is 116 cm³/mol. The number of aryl methyl sites for hydroxylation is 1. The summed E-state index contributed by atoms with van der Waals surface area (Å²) in [6, 6.07) is 4.18. The Kier molecular flexibility index (Phi) is 6.90. The lowest BCUT2D eigenvalue weighted by Gasteiger charge is -2.16. The zero-order valence-corrected chi connectivity index (χ0v) is 17.9. The smallest absolute Gasteiger partial charge is 0.165 e. The van der Waals surface area contributed by atoms with Crippen LogP contribution in [0.15, 0.2) is 18.5 Å². The van der Waals surface area contributed by atoms with E-state index in [9.17, 15) is 0 Å². The summed E-state index contributed by atoms with van der Waals surface area (Å²) in [7, 11) is 3.42. The number of unbranched alkanes of at least 4 members (excludes halogenated alkanes) is 2. The van der Waals surface area contributed by atoms with Crippen molar-refractivity contribution in [1.29, 1.82) is 0 Å². The topological polar surface area (TPSA) is 88.1 Å². The van der Waals surface area contributed by atoms with Gasteiger partial charge in [0.1, 0.15) is 23.7 Å². The molecule has 0 saturated heterocycles. The van der Waals surface area contributed by atoms with Crippen molar-refractivity contribution in [3.05, 3.63) is 35.4 Å². The van der Waals surface area contributed by atoms with Gasteiger partial charge in [-0.05, 0) is 37.0 Å². The molecule has 2 heterocycles. The van der Waals surface area contributed by atoms with Crippen molar-refractivity contribution in [2.75, 3.05) is 20.0 Å². The van der Waals surface area contributed by atoms with Crippen LogP contribution in [0.2, 0.25) is 0 Å². The minimum absolute atomic E-state index is 0.413. The van der Waals surface area contributed by atoms with Gasteiger partial charge in [-0.2, -0.15) is 0 Å². The van der Waals surface area contributed by atoms with Crippen LogP contribution in [0.1, 0.15) is 56.5 Å². The molecule has 156 valence electrons. The summed E-state index contributed by atoms with van der Waals surface area (Å²) in [6.45, 7) is 5.21. The van der Waals surface area contributed by atoms with E-state index in [4.69, 9.17) is 20.2 Å². The SMILES string of the molecule is CCCCc1c(OC)cc(Cc2nc3c(N)ncnc3n2CCCC)cc1OC. The van der Waals surface area contributed by atoms with Crippen molar-refractivity contribution in [3.63, 3.8) is 0 Å². The largest absolute Gasteiger partial charge is 0.496 e. The standard InChI is InChI=1S/C22H31N5O2/c1-5-7-9-16-17(28-3)11-15(12-18(16)29-4)13-19-26-20-21(23)24-14-25-22(20)27(19)10-8-6-2/h11-12,14H,5-10,13H2,1-4H3,(H2,23,24,25). The molecule has 0 radical (unpaired) electrons. The van der Waals surface area contributed by atoms with Crippen molar-refractivity contribution in [3.8, 4) is 11.5 Å². The van der Waals surface area contributed by atoms with Gasteiger partial charge in [0.15, 0.2) is 17.0 Å². The third-order valence-electron chi connectivity index (χ3n) is 5.18. The van der Waals surface area contributed by atoms with Crippen molar-refractivity contribution < 1.29 is 9.47 Å². The van der Waals surface area contributed by atoms with Crippen molar-refractivity contribution in [2.24, 2.45) is 0 Å². The molecule has 0 unspecified atom stereocenters. The van der Waals surface area contributed by atoms with E-state index in [2.05, 4.69) is 40.5 Å². The van der Waals surface area contributed by atoms with Crippen molar-refractivity contribution >= 4 is 17.0 Å². The van der Waals surface area contributed by atoms with E-state index in [1.807, 2.05) is 0 Å². The van der Waals surface area contributed by atoms with Crippen molar-refractivity contribution in [1.82, 2.24) is 19.5 Å². The molecule has 3 rings (SSSR count). The Hall–Kier alpha value is -2.83. The van der Waals surface area contributed by atoms with Gasteiger partial charge in [-0.25, -0.2) is 15.0 Å². The highest BCUT2D eigenvalue weighted by atomic mass is 16.5. The van der Waals surface area contributed by atoms with Crippen LogP contribution in [0, 0.1) is 0 Å². The fourth-order valence-corrected chi connectivity index (χ4v) is 3.61. The molecule has 0 aliphatic carbocycles. The van der Waals surface area contributed by atoms with E-state index in [0.717, 1.165) is 72.7 Å². The van der Waals surface area contributed by atoms with Crippen molar-refractivity contribution in [2.45, 2.75) is 58.9 Å². The average molecular weight is 398 g/mol. The lowest BCUT2D eigenvalue weighted by molar-refractivity contribution is 0.383. The highest BCUT2D eigenvalue weighted by Gasteiger charge is 2.17. The number of nitrogen functional groups attached to an aromatic ring is 1. The van der Waals surface area contributed by atoms with E-state index in [1.165, 1.54) is 6.33 Å². The molecule has 0 saturated carbocycles. The molecule has 0 amide bonds. The Morgan fingerprint density at radius 1 is 1.00 bits per heavy atom. The Bertz CT molecular complexity index is 942. The highest BCUT2D eigenvalue weighted by Crippen LogP contribution is 2.33. The van der Waals surface area contributed by atoms with Gasteiger partial charge in [0, 0.05) is 18.5 Å². The molecule has 29 heavy (non-hydrogen) atoms. The van der Waals surface area contributed by atoms with E-state index in [1.54, 1.807) is 14.2 Å². The summed E-state index contributed by atoms with van der Waals surface area (Å²) < 4.78 is 13.5. The van der Waals surface area contributed by atoms with E-state index >= 15 is 0 Å². The highest BCUT2D eigenvalue weighted by molar-refractivity contribution is 5.81. The van der Waals surface area contributed by atoms with Crippen LogP contribution in [0.25, 0.3) is 11.2 Å². The monoisotopic (exact) mass is 397 g/mol. The molecular formula is C22H31N5O2. The van der Waals surface area contributed by atoms with Gasteiger partial charge in [0.05, 0.1) is 14.2 Å². The maximum absolute atomic E-state index is 6.05. The van der Waals surface area contributed by atoms with Crippen LogP contribution < -0.4 is 15.2 Å². The number of rotatable bonds is 10. The molecule has 0 spiro atoms. The van der Waals surface area contributed by atoms with Gasteiger partial charge in [-0.15, -0.1) is 0 Å². The lowest BCUT2D eigenvalue weighted by Crippen LogP contribution is -2.07. The van der Waals surface area contributed by atoms with Gasteiger partial charge in [0.2, 0.25) is 0 Å². The maximum Gasteiger partial charge on any atom is 0.165 e. The molecular weight excluding hydrogens is 366 g/mol. The number of benzene rings is 1. The zero-order valence-electron chi connectivity index (χ0n) is 17.9. The quantitative estimate of drug-likeness (QED) is 0.553. The maximum atomic E-state index is 6.05. The molecule has 2 aromatic heterocycles. The second kappa shape index (κ2) is 9.58. The molecule has 7 heteroatoms. The van der Waals surface area contributed by atoms with Crippen LogP contribution in [0.3, 0.4) is 0 Å². The third kappa shape index (κ3) is 4.44. The number of methoxy groups -OCH3 is 2. The Labute approximate surface area is 172 Å². The number of ether oxygens (including phenoxy) is 2. The molecule has 3 aromatic rings. The van der Waals surface area contributed by atoms with Gasteiger partial charge in [-0.1, -0.05) is 26.7 Å². The summed E-state index contributed by atoms with van der Waals surface area (Å²) >= 11 is 0. The number of anilines is 1. The lowest BCUT2D eigenvalue weighted by atomic mass is 10.0. The number of aromatic nitrogens is 4. The van der Waals surface area contributed by atoms with Crippen LogP contribution in [0.4, 0.5) is 5.82 Å². The second-order valence-electron chi connectivity index (χ2n) is 7.22. The van der Waals surface area contributed by atoms with Gasteiger partial charge < -0.3 is 19.8 Å². The van der Waals surface area contributed by atoms with Gasteiger partial charge in [0.25, 0.3) is 0 Å². The molecule has 0 bridgehead atoms. The fraction of sp³-hybridized carbons (Fsp3) is 0.500. The Morgan fingerprint density at radius 2 is 1.69 bits per heavy atom. The minimum atomic E-state index is 0.413. The number of nitrogens with zero attached hydrogens (tertiary/aromatic N) is 4. The first-order chi connectivity index (χ1) is 14.1.